The first kappa shape index (κ1) is 18.6. The van der Waals surface area contributed by atoms with Crippen LogP contribution in [-0.2, 0) is 9.59 Å². The van der Waals surface area contributed by atoms with Crippen molar-refractivity contribution in [3.63, 3.8) is 0 Å². The van der Waals surface area contributed by atoms with Gasteiger partial charge in [-0.05, 0) is 49.6 Å². The second kappa shape index (κ2) is 8.45. The number of benzene rings is 1. The topological polar surface area (TPSA) is 61.4 Å². The van der Waals surface area contributed by atoms with Crippen LogP contribution in [0.2, 0.25) is 0 Å². The van der Waals surface area contributed by atoms with Crippen LogP contribution in [0.15, 0.2) is 35.5 Å². The van der Waals surface area contributed by atoms with Crippen molar-refractivity contribution in [2.45, 2.75) is 45.1 Å². The molecule has 0 radical (unpaired) electrons. The number of aldehydes is 1. The van der Waals surface area contributed by atoms with Crippen LogP contribution in [-0.4, -0.2) is 36.1 Å². The molecular weight excluding hydrogens is 333 g/mol. The monoisotopic (exact) mass is 359 g/mol. The van der Waals surface area contributed by atoms with E-state index in [1.54, 1.807) is 12.1 Å². The van der Waals surface area contributed by atoms with E-state index in [9.17, 15) is 14.0 Å². The molecule has 2 fully saturated rings. The van der Waals surface area contributed by atoms with E-state index < -0.39 is 0 Å². The third kappa shape index (κ3) is 4.30. The molecule has 1 atom stereocenters. The molecule has 3 rings (SSSR count). The zero-order chi connectivity index (χ0) is 18.5. The fourth-order valence-corrected chi connectivity index (χ4v) is 3.97. The minimum atomic E-state index is -0.378. The zero-order valence-electron chi connectivity index (χ0n) is 15.1. The number of hydrazine groups is 1. The van der Waals surface area contributed by atoms with Crippen molar-refractivity contribution in [1.29, 1.82) is 0 Å². The van der Waals surface area contributed by atoms with E-state index in [2.05, 4.69) is 15.8 Å². The smallest absolute Gasteiger partial charge is 0.203 e. The summed E-state index contributed by atoms with van der Waals surface area (Å²) in [6.45, 7) is 3.23. The van der Waals surface area contributed by atoms with Gasteiger partial charge in [-0.25, -0.2) is 4.39 Å². The van der Waals surface area contributed by atoms with E-state index in [0.717, 1.165) is 29.8 Å². The molecule has 2 N–H and O–H groups in total. The molecule has 1 aromatic carbocycles. The minimum absolute atomic E-state index is 0.291. The van der Waals surface area contributed by atoms with Gasteiger partial charge < -0.3 is 10.9 Å². The summed E-state index contributed by atoms with van der Waals surface area (Å²) in [4.78, 5) is 25.6. The van der Waals surface area contributed by atoms with Crippen LogP contribution < -0.4 is 10.9 Å². The summed E-state index contributed by atoms with van der Waals surface area (Å²) in [5, 5.41) is 0. The fraction of sp³-hybridized carbons (Fsp3) is 0.500. The number of likely N-dealkylation sites (tertiary alicyclic amines) is 1. The Bertz CT molecular complexity index is 681. The van der Waals surface area contributed by atoms with Gasteiger partial charge >= 0.3 is 0 Å². The van der Waals surface area contributed by atoms with Crippen molar-refractivity contribution in [2.24, 2.45) is 5.92 Å². The van der Waals surface area contributed by atoms with Crippen molar-refractivity contribution in [3.8, 4) is 0 Å². The van der Waals surface area contributed by atoms with Gasteiger partial charge in [0.25, 0.3) is 0 Å². The standard InChI is InChI=1S/C20H26FN3O2/c1-14(22-23-16-9-7-15(21)8-10-16)18-11-24(12-19(18)20(26)13-25)17-5-3-2-4-6-17/h7-10,13,17,19,22-23H,2-6,11-12H2,1H3. The first-order valence-electron chi connectivity index (χ1n) is 9.29. The molecule has 0 bridgehead atoms. The van der Waals surface area contributed by atoms with E-state index >= 15 is 0 Å². The number of nitrogens with zero attached hydrogens (tertiary/aromatic N) is 1. The van der Waals surface area contributed by atoms with E-state index in [1.807, 2.05) is 6.92 Å². The highest BCUT2D eigenvalue weighted by atomic mass is 19.1. The van der Waals surface area contributed by atoms with Crippen LogP contribution in [0.3, 0.4) is 0 Å². The zero-order valence-corrected chi connectivity index (χ0v) is 15.1. The van der Waals surface area contributed by atoms with Crippen LogP contribution in [0, 0.1) is 11.7 Å². The van der Waals surface area contributed by atoms with Crippen LogP contribution >= 0.6 is 0 Å². The van der Waals surface area contributed by atoms with E-state index in [4.69, 9.17) is 0 Å². The van der Waals surface area contributed by atoms with Gasteiger partial charge in [0.1, 0.15) is 5.82 Å². The van der Waals surface area contributed by atoms with E-state index in [-0.39, 0.29) is 17.5 Å². The van der Waals surface area contributed by atoms with Crippen molar-refractivity contribution in [2.75, 3.05) is 18.5 Å². The molecule has 5 nitrogen and oxygen atoms in total. The summed E-state index contributed by atoms with van der Waals surface area (Å²) in [5.41, 5.74) is 8.66. The maximum atomic E-state index is 13.0. The number of anilines is 1. The number of carbonyl (C=O) groups is 2. The molecule has 2 aliphatic rings. The van der Waals surface area contributed by atoms with Gasteiger partial charge in [-0.2, -0.15) is 0 Å². The lowest BCUT2D eigenvalue weighted by molar-refractivity contribution is -0.131. The van der Waals surface area contributed by atoms with Gasteiger partial charge in [-0.3, -0.25) is 14.5 Å². The van der Waals surface area contributed by atoms with Crippen LogP contribution in [0.25, 0.3) is 0 Å². The van der Waals surface area contributed by atoms with Crippen molar-refractivity contribution in [1.82, 2.24) is 10.3 Å². The van der Waals surface area contributed by atoms with E-state index in [0.29, 0.717) is 25.4 Å². The van der Waals surface area contributed by atoms with Crippen LogP contribution in [0.4, 0.5) is 10.1 Å². The maximum Gasteiger partial charge on any atom is 0.203 e. The number of ketones is 1. The molecule has 6 heteroatoms. The SMILES string of the molecule is CC(NNc1ccc(F)cc1)=C1CN(C2CCCCC2)CC1C(=O)C=O. The third-order valence-corrected chi connectivity index (χ3v) is 5.48. The predicted molar refractivity (Wildman–Crippen MR) is 98.9 cm³/mol. The summed E-state index contributed by atoms with van der Waals surface area (Å²) >= 11 is 0. The lowest BCUT2D eigenvalue weighted by atomic mass is 9.94. The Hall–Kier alpha value is -2.21. The Morgan fingerprint density at radius 2 is 1.88 bits per heavy atom. The van der Waals surface area contributed by atoms with Gasteiger partial charge in [0.15, 0.2) is 6.29 Å². The number of halogens is 1. The summed E-state index contributed by atoms with van der Waals surface area (Å²) < 4.78 is 13.0. The molecule has 1 aromatic rings. The molecule has 0 spiro atoms. The Morgan fingerprint density at radius 1 is 1.19 bits per heavy atom. The minimum Gasteiger partial charge on any atom is -0.305 e. The molecule has 1 aliphatic heterocycles. The first-order valence-corrected chi connectivity index (χ1v) is 9.29. The molecule has 140 valence electrons. The Balaban J connectivity index is 1.72. The fourth-order valence-electron chi connectivity index (χ4n) is 3.97. The third-order valence-electron chi connectivity index (χ3n) is 5.48. The van der Waals surface area contributed by atoms with Crippen molar-refractivity contribution >= 4 is 17.8 Å². The number of nitrogens with one attached hydrogen (secondary N) is 2. The quantitative estimate of drug-likeness (QED) is 0.464. The molecule has 26 heavy (non-hydrogen) atoms. The summed E-state index contributed by atoms with van der Waals surface area (Å²) in [5.74, 6) is -1.03. The number of allylic oxidation sites excluding steroid dienone is 1. The number of hydrogen-bond acceptors (Lipinski definition) is 5. The molecule has 1 saturated heterocycles. The number of Topliss-reactive ketones (excluding diaryl/α,β-unsaturated/α-hetero) is 1. The van der Waals surface area contributed by atoms with Gasteiger partial charge in [-0.15, -0.1) is 0 Å². The lowest BCUT2D eigenvalue weighted by Gasteiger charge is -2.30. The highest BCUT2D eigenvalue weighted by molar-refractivity contribution is 6.27. The molecule has 1 heterocycles. The van der Waals surface area contributed by atoms with Crippen LogP contribution in [0.1, 0.15) is 39.0 Å². The Labute approximate surface area is 153 Å². The van der Waals surface area contributed by atoms with E-state index in [1.165, 1.54) is 31.4 Å². The molecule has 1 saturated carbocycles. The Kier molecular flexibility index (Phi) is 6.04. The summed E-state index contributed by atoms with van der Waals surface area (Å²) in [6.07, 6.45) is 6.51. The highest BCUT2D eigenvalue weighted by Gasteiger charge is 2.37. The lowest BCUT2D eigenvalue weighted by Crippen LogP contribution is -2.35. The normalized spacial score (nSPS) is 23.5. The summed E-state index contributed by atoms with van der Waals surface area (Å²) in [7, 11) is 0. The van der Waals surface area contributed by atoms with Gasteiger partial charge in [0, 0.05) is 24.8 Å². The predicted octanol–water partition coefficient (Wildman–Crippen LogP) is 3.05. The van der Waals surface area contributed by atoms with Crippen LogP contribution in [0.5, 0.6) is 0 Å². The largest absolute Gasteiger partial charge is 0.305 e. The van der Waals surface area contributed by atoms with Gasteiger partial charge in [-0.1, -0.05) is 19.3 Å². The van der Waals surface area contributed by atoms with Crippen molar-refractivity contribution in [3.05, 3.63) is 41.4 Å². The van der Waals surface area contributed by atoms with Gasteiger partial charge in [0.05, 0.1) is 11.6 Å². The summed E-state index contributed by atoms with van der Waals surface area (Å²) in [6, 6.07) is 6.53. The molecule has 1 unspecified atom stereocenters. The molecule has 1 aliphatic carbocycles. The molecular formula is C20H26FN3O2. The average molecular weight is 359 g/mol. The maximum absolute atomic E-state index is 13.0. The Morgan fingerprint density at radius 3 is 2.54 bits per heavy atom. The highest BCUT2D eigenvalue weighted by Crippen LogP contribution is 2.32. The first-order chi connectivity index (χ1) is 12.6. The molecule has 0 amide bonds. The second-order valence-electron chi connectivity index (χ2n) is 7.20. The van der Waals surface area contributed by atoms with Crippen molar-refractivity contribution < 1.29 is 14.0 Å². The molecule has 0 aromatic heterocycles. The van der Waals surface area contributed by atoms with Gasteiger partial charge in [0.2, 0.25) is 5.78 Å². The number of rotatable bonds is 6. The average Bonchev–Trinajstić information content (AvgIpc) is 3.13. The second-order valence-corrected chi connectivity index (χ2v) is 7.20. The number of hydrogen-bond donors (Lipinski definition) is 2. The number of carbonyl (C=O) groups excluding carboxylic acids is 2.